The van der Waals surface area contributed by atoms with Crippen molar-refractivity contribution in [2.45, 2.75) is 178 Å². The van der Waals surface area contributed by atoms with Gasteiger partial charge in [-0.25, -0.2) is 0 Å². The fraction of sp³-hybridized carbons (Fsp3) is 1.00. The normalized spacial score (nSPS) is 48.0. The molecule has 0 aromatic rings. The summed E-state index contributed by atoms with van der Waals surface area (Å²) >= 11 is 0. The molecule has 16 aliphatic rings. The lowest BCUT2D eigenvalue weighted by molar-refractivity contribution is 0.379. The molecule has 0 spiro atoms. The van der Waals surface area contributed by atoms with Crippen LogP contribution in [0.1, 0.15) is 141 Å². The fourth-order valence-corrected chi connectivity index (χ4v) is 13.1. The van der Waals surface area contributed by atoms with E-state index in [1.54, 1.807) is 0 Å². The molecule has 16 rings (SSSR count). The van der Waals surface area contributed by atoms with Gasteiger partial charge in [0.25, 0.3) is 0 Å². The molecule has 0 amide bonds. The average Bonchev–Trinajstić information content (AvgIpc) is 4.14. The van der Waals surface area contributed by atoms with Crippen LogP contribution >= 0.6 is 0 Å². The predicted octanol–water partition coefficient (Wildman–Crippen LogP) is 5.78. The van der Waals surface area contributed by atoms with E-state index in [0.717, 1.165) is 95.4 Å². The Hall–Kier alpha value is -0.320. The Bertz CT molecular complexity index is 982. The van der Waals surface area contributed by atoms with Gasteiger partial charge in [-0.15, -0.1) is 0 Å². The van der Waals surface area contributed by atoms with Gasteiger partial charge < -0.3 is 42.5 Å². The monoisotopic (exact) mass is 777 g/mol. The van der Waals surface area contributed by atoms with Crippen molar-refractivity contribution in [3.05, 3.63) is 0 Å². The van der Waals surface area contributed by atoms with Crippen molar-refractivity contribution in [1.82, 2.24) is 42.5 Å². The predicted molar refractivity (Wildman–Crippen MR) is 233 cm³/mol. The van der Waals surface area contributed by atoms with Gasteiger partial charge in [0.2, 0.25) is 0 Å². The smallest absolute Gasteiger partial charge is 0.00996 e. The zero-order valence-electron chi connectivity index (χ0n) is 35.9. The van der Waals surface area contributed by atoms with E-state index < -0.39 is 0 Å². The van der Waals surface area contributed by atoms with Gasteiger partial charge in [-0.05, 0) is 259 Å². The standard InChI is InChI=1S/2C7H13N.4C6H11N.2C5H9N/c1-2-7-3-6(1)4-8-5-7;1-2-6-4-5-7(3-1)8-6;1-2-7-4-6-3-5(1)6;2*1-2-6-3-5(1)4-7-6;1-2-5-4-6(5)7-3-1;1-4-2-6-3-5(1)4;1-2-6-5-3-4(1)5/h2*6-8H,1-5H2;4*5-7H,1-4H2;2*4-6H,1-3H2. The minimum atomic E-state index is 0.911. The van der Waals surface area contributed by atoms with Gasteiger partial charge in [-0.1, -0.05) is 6.42 Å². The molecule has 8 nitrogen and oxygen atoms in total. The summed E-state index contributed by atoms with van der Waals surface area (Å²) in [5.74, 6) is 10.8. The molecule has 0 radical (unpaired) electrons. The lowest BCUT2D eigenvalue weighted by Gasteiger charge is -2.19. The molecule has 16 atom stereocenters. The summed E-state index contributed by atoms with van der Waals surface area (Å²) in [7, 11) is 0. The quantitative estimate of drug-likeness (QED) is 0.157. The van der Waals surface area contributed by atoms with Crippen LogP contribution in [0.2, 0.25) is 0 Å². The highest BCUT2D eigenvalue weighted by atomic mass is 15.0. The highest BCUT2D eigenvalue weighted by molar-refractivity contribution is 4.98. The van der Waals surface area contributed by atoms with E-state index in [9.17, 15) is 0 Å². The number of rotatable bonds is 0. The topological polar surface area (TPSA) is 96.2 Å². The van der Waals surface area contributed by atoms with Crippen LogP contribution in [0.4, 0.5) is 0 Å². The maximum Gasteiger partial charge on any atom is 0.00996 e. The summed E-state index contributed by atoms with van der Waals surface area (Å²) in [5.41, 5.74) is 0. The molecule has 16 unspecified atom stereocenters. The molecule has 8 N–H and O–H groups in total. The van der Waals surface area contributed by atoms with Gasteiger partial charge in [0.05, 0.1) is 0 Å². The zero-order valence-corrected chi connectivity index (χ0v) is 35.9. The van der Waals surface area contributed by atoms with E-state index in [2.05, 4.69) is 42.5 Å². The maximum absolute atomic E-state index is 3.59. The van der Waals surface area contributed by atoms with Crippen molar-refractivity contribution in [2.75, 3.05) is 65.4 Å². The van der Waals surface area contributed by atoms with E-state index in [0.29, 0.717) is 0 Å². The first kappa shape index (κ1) is 41.1. The van der Waals surface area contributed by atoms with E-state index in [4.69, 9.17) is 0 Å². The third-order valence-corrected chi connectivity index (χ3v) is 17.4. The van der Waals surface area contributed by atoms with Crippen LogP contribution in [0.15, 0.2) is 0 Å². The van der Waals surface area contributed by atoms with Gasteiger partial charge >= 0.3 is 0 Å². The van der Waals surface area contributed by atoms with E-state index in [-0.39, 0.29) is 0 Å². The molecule has 9 saturated heterocycles. The highest BCUT2D eigenvalue weighted by Crippen LogP contribution is 2.42. The van der Waals surface area contributed by atoms with Crippen LogP contribution in [0, 0.1) is 59.2 Å². The van der Waals surface area contributed by atoms with E-state index in [1.807, 2.05) is 0 Å². The Morgan fingerprint density at radius 1 is 0.268 bits per heavy atom. The molecular weight excluding hydrogens is 689 g/mol. The summed E-state index contributed by atoms with van der Waals surface area (Å²) in [6.45, 7) is 13.0. The molecule has 16 fully saturated rings. The van der Waals surface area contributed by atoms with Gasteiger partial charge in [-0.3, -0.25) is 0 Å². The SMILES string of the molecule is C1CC2CC1CN2.C1CC2CC1CN2.C1CC2CC2CN1.C1CC2CC2N1.C1CC2CCC(C1)N2.C1CC2CNCC1C2.C1CNC2CC2C1.C1NCC2CC12. The van der Waals surface area contributed by atoms with Crippen LogP contribution in [-0.2, 0) is 0 Å². The van der Waals surface area contributed by atoms with Crippen LogP contribution in [-0.4, -0.2) is 102 Å². The molecule has 8 heteroatoms. The van der Waals surface area contributed by atoms with Gasteiger partial charge in [0.1, 0.15) is 0 Å². The van der Waals surface area contributed by atoms with Crippen LogP contribution in [0.25, 0.3) is 0 Å². The summed E-state index contributed by atoms with van der Waals surface area (Å²) in [6.07, 6.45) is 32.4. The molecule has 9 aliphatic heterocycles. The van der Waals surface area contributed by atoms with Crippen molar-refractivity contribution in [1.29, 1.82) is 0 Å². The molecule has 320 valence electrons. The molecule has 7 saturated carbocycles. The van der Waals surface area contributed by atoms with E-state index in [1.165, 1.54) is 207 Å². The molecule has 7 aliphatic carbocycles. The number of hydrogen-bond acceptors (Lipinski definition) is 8. The molecule has 0 aromatic carbocycles. The first-order chi connectivity index (χ1) is 27.7. The first-order valence-corrected chi connectivity index (χ1v) is 25.5. The number of nitrogens with one attached hydrogen (secondary N) is 8. The van der Waals surface area contributed by atoms with Crippen molar-refractivity contribution in [3.63, 3.8) is 0 Å². The lowest BCUT2D eigenvalue weighted by atomic mass is 10.0. The Morgan fingerprint density at radius 2 is 0.786 bits per heavy atom. The first-order valence-electron chi connectivity index (χ1n) is 25.5. The second-order valence-electron chi connectivity index (χ2n) is 22.0. The summed E-state index contributed by atoms with van der Waals surface area (Å²) < 4.78 is 0. The van der Waals surface area contributed by atoms with Crippen LogP contribution < -0.4 is 42.5 Å². The van der Waals surface area contributed by atoms with E-state index >= 15 is 0 Å². The van der Waals surface area contributed by atoms with Crippen molar-refractivity contribution in [3.8, 4) is 0 Å². The van der Waals surface area contributed by atoms with Gasteiger partial charge in [0, 0.05) is 36.3 Å². The number of piperidine rings is 8. The second kappa shape index (κ2) is 20.5. The largest absolute Gasteiger partial charge is 0.316 e. The molecule has 9 heterocycles. The Kier molecular flexibility index (Phi) is 15.0. The molecule has 0 aromatic heterocycles. The Morgan fingerprint density at radius 3 is 1.12 bits per heavy atom. The van der Waals surface area contributed by atoms with Gasteiger partial charge in [0.15, 0.2) is 0 Å². The molecular formula is C48H88N8. The van der Waals surface area contributed by atoms with Crippen LogP contribution in [0.5, 0.6) is 0 Å². The van der Waals surface area contributed by atoms with Crippen molar-refractivity contribution in [2.24, 2.45) is 59.2 Å². The van der Waals surface area contributed by atoms with Gasteiger partial charge in [-0.2, -0.15) is 0 Å². The Balaban J connectivity index is 0.0000000837. The highest BCUT2D eigenvalue weighted by Gasteiger charge is 2.41. The second-order valence-corrected chi connectivity index (χ2v) is 22.0. The fourth-order valence-electron chi connectivity index (χ4n) is 13.1. The maximum atomic E-state index is 3.59. The summed E-state index contributed by atoms with van der Waals surface area (Å²) in [4.78, 5) is 0. The van der Waals surface area contributed by atoms with Crippen LogP contribution in [0.3, 0.4) is 0 Å². The lowest BCUT2D eigenvalue weighted by Crippen LogP contribution is -2.33. The molecule has 56 heavy (non-hydrogen) atoms. The average molecular weight is 777 g/mol. The number of hydrogen-bond donors (Lipinski definition) is 8. The third-order valence-electron chi connectivity index (χ3n) is 17.4. The zero-order chi connectivity index (χ0) is 37.5. The molecule has 8 bridgehead atoms. The summed E-state index contributed by atoms with van der Waals surface area (Å²) in [6, 6.07) is 5.58. The Labute approximate surface area is 343 Å². The summed E-state index contributed by atoms with van der Waals surface area (Å²) in [5, 5.41) is 27.5. The van der Waals surface area contributed by atoms with Crippen molar-refractivity contribution < 1.29 is 0 Å². The number of fused-ring (bicyclic) bond motifs is 12. The minimum absolute atomic E-state index is 0.911. The third kappa shape index (κ3) is 12.8. The van der Waals surface area contributed by atoms with Crippen molar-refractivity contribution >= 4 is 0 Å². The minimum Gasteiger partial charge on any atom is -0.316 e.